The van der Waals surface area contributed by atoms with Crippen molar-refractivity contribution in [3.63, 3.8) is 0 Å². The third kappa shape index (κ3) is 4.92. The topological polar surface area (TPSA) is 92.5 Å². The van der Waals surface area contributed by atoms with Gasteiger partial charge in [-0.1, -0.05) is 25.1 Å². The first kappa shape index (κ1) is 20.9. The quantitative estimate of drug-likeness (QED) is 0.812. The number of sulfonamides is 1. The third-order valence-electron chi connectivity index (χ3n) is 4.29. The Hall–Kier alpha value is -1.15. The first-order valence-corrected chi connectivity index (χ1v) is 9.41. The molecule has 1 aromatic rings. The number of hydrogen-bond donors (Lipinski definition) is 2. The van der Waals surface area contributed by atoms with E-state index in [-0.39, 0.29) is 29.3 Å². The summed E-state index contributed by atoms with van der Waals surface area (Å²) in [6.45, 7) is 4.74. The SMILES string of the molecule is CC1CCN(C(=O)C(C)NS(=O)(=O)c2ccccc2)C(CN)C1.Cl. The lowest BCUT2D eigenvalue weighted by molar-refractivity contribution is -0.136. The van der Waals surface area contributed by atoms with Crippen LogP contribution in [-0.2, 0) is 14.8 Å². The molecular weight excluding hydrogens is 350 g/mol. The number of nitrogens with one attached hydrogen (secondary N) is 1. The van der Waals surface area contributed by atoms with Crippen LogP contribution in [0.2, 0.25) is 0 Å². The largest absolute Gasteiger partial charge is 0.337 e. The Kier molecular flexibility index (Phi) is 7.66. The van der Waals surface area contributed by atoms with Gasteiger partial charge in [0.05, 0.1) is 10.9 Å². The van der Waals surface area contributed by atoms with Gasteiger partial charge in [-0.05, 0) is 37.8 Å². The van der Waals surface area contributed by atoms with E-state index in [0.29, 0.717) is 19.0 Å². The summed E-state index contributed by atoms with van der Waals surface area (Å²) in [4.78, 5) is 14.5. The van der Waals surface area contributed by atoms with Crippen molar-refractivity contribution in [2.24, 2.45) is 11.7 Å². The highest BCUT2D eigenvalue weighted by Gasteiger charge is 2.33. The molecule has 0 radical (unpaired) electrons. The minimum Gasteiger partial charge on any atom is -0.337 e. The third-order valence-corrected chi connectivity index (χ3v) is 5.85. The minimum atomic E-state index is -3.71. The van der Waals surface area contributed by atoms with Gasteiger partial charge in [0.2, 0.25) is 15.9 Å². The molecular formula is C16H26ClN3O3S. The molecule has 1 aliphatic heterocycles. The van der Waals surface area contributed by atoms with Crippen molar-refractivity contribution in [3.05, 3.63) is 30.3 Å². The molecule has 0 saturated carbocycles. The van der Waals surface area contributed by atoms with E-state index in [4.69, 9.17) is 5.73 Å². The van der Waals surface area contributed by atoms with Crippen molar-refractivity contribution in [3.8, 4) is 0 Å². The van der Waals surface area contributed by atoms with Crippen LogP contribution in [0.15, 0.2) is 35.2 Å². The molecule has 0 aromatic heterocycles. The number of nitrogens with zero attached hydrogens (tertiary/aromatic N) is 1. The fourth-order valence-electron chi connectivity index (χ4n) is 2.96. The molecule has 3 atom stereocenters. The van der Waals surface area contributed by atoms with Gasteiger partial charge < -0.3 is 10.6 Å². The summed E-state index contributed by atoms with van der Waals surface area (Å²) < 4.78 is 27.1. The summed E-state index contributed by atoms with van der Waals surface area (Å²) in [5, 5.41) is 0. The number of benzene rings is 1. The van der Waals surface area contributed by atoms with E-state index in [1.807, 2.05) is 0 Å². The van der Waals surface area contributed by atoms with Crippen LogP contribution in [0, 0.1) is 5.92 Å². The van der Waals surface area contributed by atoms with E-state index in [1.165, 1.54) is 12.1 Å². The smallest absolute Gasteiger partial charge is 0.241 e. The van der Waals surface area contributed by atoms with Gasteiger partial charge in [-0.15, -0.1) is 12.4 Å². The molecule has 8 heteroatoms. The van der Waals surface area contributed by atoms with Crippen LogP contribution >= 0.6 is 12.4 Å². The van der Waals surface area contributed by atoms with Crippen LogP contribution in [-0.4, -0.2) is 44.4 Å². The van der Waals surface area contributed by atoms with Gasteiger partial charge in [-0.25, -0.2) is 8.42 Å². The summed E-state index contributed by atoms with van der Waals surface area (Å²) in [6.07, 6.45) is 1.78. The molecule has 0 bridgehead atoms. The fraction of sp³-hybridized carbons (Fsp3) is 0.562. The Labute approximate surface area is 150 Å². The highest BCUT2D eigenvalue weighted by Crippen LogP contribution is 2.22. The fourth-order valence-corrected chi connectivity index (χ4v) is 4.18. The second kappa shape index (κ2) is 8.80. The molecule has 1 aromatic carbocycles. The predicted octanol–water partition coefficient (Wildman–Crippen LogP) is 1.36. The Balaban J connectivity index is 0.00000288. The van der Waals surface area contributed by atoms with Crippen molar-refractivity contribution in [2.45, 2.75) is 43.7 Å². The molecule has 1 aliphatic rings. The van der Waals surface area contributed by atoms with E-state index >= 15 is 0 Å². The van der Waals surface area contributed by atoms with E-state index < -0.39 is 16.1 Å². The Morgan fingerprint density at radius 1 is 1.38 bits per heavy atom. The lowest BCUT2D eigenvalue weighted by atomic mass is 9.92. The number of piperidine rings is 1. The van der Waals surface area contributed by atoms with Gasteiger partial charge in [0.15, 0.2) is 0 Å². The van der Waals surface area contributed by atoms with E-state index in [9.17, 15) is 13.2 Å². The highest BCUT2D eigenvalue weighted by molar-refractivity contribution is 7.89. The number of halogens is 1. The van der Waals surface area contributed by atoms with Crippen molar-refractivity contribution in [2.75, 3.05) is 13.1 Å². The second-order valence-corrected chi connectivity index (χ2v) is 7.92. The van der Waals surface area contributed by atoms with Gasteiger partial charge in [-0.3, -0.25) is 4.79 Å². The lowest BCUT2D eigenvalue weighted by Crippen LogP contribution is -2.55. The van der Waals surface area contributed by atoms with Crippen molar-refractivity contribution in [1.82, 2.24) is 9.62 Å². The average molecular weight is 376 g/mol. The van der Waals surface area contributed by atoms with Crippen LogP contribution in [0.4, 0.5) is 0 Å². The molecule has 6 nitrogen and oxygen atoms in total. The molecule has 1 amide bonds. The maximum atomic E-state index is 12.6. The van der Waals surface area contributed by atoms with Crippen LogP contribution in [0.5, 0.6) is 0 Å². The van der Waals surface area contributed by atoms with E-state index in [1.54, 1.807) is 30.0 Å². The Morgan fingerprint density at radius 2 is 2.00 bits per heavy atom. The zero-order valence-electron chi connectivity index (χ0n) is 14.0. The van der Waals surface area contributed by atoms with Gasteiger partial charge in [0.1, 0.15) is 0 Å². The molecule has 2 rings (SSSR count). The molecule has 1 fully saturated rings. The zero-order chi connectivity index (χ0) is 17.0. The van der Waals surface area contributed by atoms with E-state index in [0.717, 1.165) is 12.8 Å². The molecule has 1 saturated heterocycles. The minimum absolute atomic E-state index is 0. The zero-order valence-corrected chi connectivity index (χ0v) is 15.6. The standard InChI is InChI=1S/C16H25N3O3S.ClH/c1-12-8-9-19(14(10-12)11-17)16(20)13(2)18-23(21,22)15-6-4-3-5-7-15;/h3-7,12-14,18H,8-11,17H2,1-2H3;1H. The first-order valence-electron chi connectivity index (χ1n) is 7.93. The number of amides is 1. The molecule has 3 N–H and O–H groups in total. The molecule has 3 unspecified atom stereocenters. The number of carbonyl (C=O) groups is 1. The predicted molar refractivity (Wildman–Crippen MR) is 96.4 cm³/mol. The van der Waals surface area contributed by atoms with Gasteiger partial charge in [-0.2, -0.15) is 4.72 Å². The molecule has 24 heavy (non-hydrogen) atoms. The molecule has 0 aliphatic carbocycles. The van der Waals surface area contributed by atoms with Crippen LogP contribution in [0.3, 0.4) is 0 Å². The van der Waals surface area contributed by atoms with E-state index in [2.05, 4.69) is 11.6 Å². The van der Waals surface area contributed by atoms with Crippen molar-refractivity contribution in [1.29, 1.82) is 0 Å². The van der Waals surface area contributed by atoms with Crippen molar-refractivity contribution >= 4 is 28.3 Å². The molecule has 136 valence electrons. The number of nitrogens with two attached hydrogens (primary N) is 1. The van der Waals surface area contributed by atoms with Crippen LogP contribution in [0.1, 0.15) is 26.7 Å². The number of carbonyl (C=O) groups excluding carboxylic acids is 1. The number of rotatable bonds is 5. The highest BCUT2D eigenvalue weighted by atomic mass is 35.5. The van der Waals surface area contributed by atoms with Crippen molar-refractivity contribution < 1.29 is 13.2 Å². The summed E-state index contributed by atoms with van der Waals surface area (Å²) in [5.74, 6) is 0.316. The monoisotopic (exact) mass is 375 g/mol. The Bertz CT molecular complexity index is 639. The first-order chi connectivity index (χ1) is 10.8. The second-order valence-electron chi connectivity index (χ2n) is 6.21. The summed E-state index contributed by atoms with van der Waals surface area (Å²) in [7, 11) is -3.71. The van der Waals surface area contributed by atoms with Gasteiger partial charge in [0, 0.05) is 19.1 Å². The average Bonchev–Trinajstić information content (AvgIpc) is 2.54. The molecule has 0 spiro atoms. The summed E-state index contributed by atoms with van der Waals surface area (Å²) in [5.41, 5.74) is 5.78. The van der Waals surface area contributed by atoms with Gasteiger partial charge >= 0.3 is 0 Å². The number of likely N-dealkylation sites (tertiary alicyclic amines) is 1. The normalized spacial score (nSPS) is 22.5. The maximum Gasteiger partial charge on any atom is 0.241 e. The number of hydrogen-bond acceptors (Lipinski definition) is 4. The summed E-state index contributed by atoms with van der Waals surface area (Å²) in [6, 6.07) is 7.22. The Morgan fingerprint density at radius 3 is 2.58 bits per heavy atom. The molecule has 1 heterocycles. The van der Waals surface area contributed by atoms with Gasteiger partial charge in [0.25, 0.3) is 0 Å². The van der Waals surface area contributed by atoms with Crippen LogP contribution in [0.25, 0.3) is 0 Å². The maximum absolute atomic E-state index is 12.6. The van der Waals surface area contributed by atoms with Crippen LogP contribution < -0.4 is 10.5 Å². The lowest BCUT2D eigenvalue weighted by Gasteiger charge is -2.39. The summed E-state index contributed by atoms with van der Waals surface area (Å²) >= 11 is 0.